The molecule has 0 aliphatic heterocycles. The van der Waals surface area contributed by atoms with E-state index in [1.807, 2.05) is 30.3 Å². The third-order valence-electron chi connectivity index (χ3n) is 4.37. The minimum absolute atomic E-state index is 0.111. The number of rotatable bonds is 4. The van der Waals surface area contributed by atoms with Crippen LogP contribution in [-0.2, 0) is 17.6 Å². The minimum Gasteiger partial charge on any atom is -0.413 e. The van der Waals surface area contributed by atoms with Gasteiger partial charge < -0.3 is 9.53 Å². The highest BCUT2D eigenvalue weighted by atomic mass is 79.9. The van der Waals surface area contributed by atoms with Crippen LogP contribution in [0.15, 0.2) is 57.5 Å². The average Bonchev–Trinajstić information content (AvgIpc) is 2.53. The first-order valence-corrected chi connectivity index (χ1v) is 12.8. The quantitative estimate of drug-likeness (QED) is 0.474. The van der Waals surface area contributed by atoms with E-state index in [2.05, 4.69) is 83.9 Å². The van der Waals surface area contributed by atoms with Gasteiger partial charge in [0.15, 0.2) is 8.32 Å². The Bertz CT molecular complexity index is 667. The minimum atomic E-state index is -1.62. The molecule has 0 amide bonds. The molecule has 138 valence electrons. The zero-order valence-electron chi connectivity index (χ0n) is 15.6. The maximum absolute atomic E-state index is 8.64. The van der Waals surface area contributed by atoms with Crippen LogP contribution < -0.4 is 0 Å². The molecule has 0 aromatic heterocycles. The molecule has 0 radical (unpaired) electrons. The molecule has 5 heteroatoms. The van der Waals surface area contributed by atoms with E-state index < -0.39 is 8.32 Å². The zero-order chi connectivity index (χ0) is 19.1. The summed E-state index contributed by atoms with van der Waals surface area (Å²) in [6.07, 6.45) is 0. The van der Waals surface area contributed by atoms with Gasteiger partial charge in [-0.3, -0.25) is 0 Å². The van der Waals surface area contributed by atoms with Crippen LogP contribution >= 0.6 is 31.9 Å². The van der Waals surface area contributed by atoms with Crippen LogP contribution in [0.5, 0.6) is 0 Å². The van der Waals surface area contributed by atoms with Crippen LogP contribution in [0.2, 0.25) is 18.1 Å². The van der Waals surface area contributed by atoms with E-state index >= 15 is 0 Å². The lowest BCUT2D eigenvalue weighted by molar-refractivity contribution is 0.276. The molecule has 0 saturated heterocycles. The second kappa shape index (κ2) is 10.0. The Morgan fingerprint density at radius 1 is 0.920 bits per heavy atom. The summed E-state index contributed by atoms with van der Waals surface area (Å²) in [7, 11) is -1.62. The Hall–Kier alpha value is -0.463. The van der Waals surface area contributed by atoms with Crippen molar-refractivity contribution in [2.24, 2.45) is 0 Å². The van der Waals surface area contributed by atoms with Crippen LogP contribution in [0.25, 0.3) is 0 Å². The van der Waals surface area contributed by atoms with Gasteiger partial charge in [0.1, 0.15) is 0 Å². The van der Waals surface area contributed by atoms with Crippen molar-refractivity contribution in [2.75, 3.05) is 0 Å². The van der Waals surface area contributed by atoms with Gasteiger partial charge in [-0.1, -0.05) is 76.9 Å². The molecule has 0 saturated carbocycles. The first kappa shape index (κ1) is 22.6. The molecule has 2 rings (SSSR count). The highest BCUT2D eigenvalue weighted by molar-refractivity contribution is 9.10. The maximum Gasteiger partial charge on any atom is 0.192 e. The molecule has 25 heavy (non-hydrogen) atoms. The van der Waals surface area contributed by atoms with Gasteiger partial charge in [-0.15, -0.1) is 0 Å². The summed E-state index contributed by atoms with van der Waals surface area (Å²) in [6, 6.07) is 15.9. The summed E-state index contributed by atoms with van der Waals surface area (Å²) < 4.78 is 8.28. The monoisotopic (exact) mass is 486 g/mol. The first-order chi connectivity index (χ1) is 11.5. The SMILES string of the molecule is CC(C)(C)[Si](C)(C)OCc1cccc(Br)c1.OCc1cccc(Br)c1. The van der Waals surface area contributed by atoms with E-state index in [0.29, 0.717) is 0 Å². The molecular weight excluding hydrogens is 460 g/mol. The van der Waals surface area contributed by atoms with E-state index in [1.165, 1.54) is 5.56 Å². The number of aliphatic hydroxyl groups excluding tert-OH is 1. The van der Waals surface area contributed by atoms with E-state index in [9.17, 15) is 0 Å². The number of hydrogen-bond acceptors (Lipinski definition) is 2. The highest BCUT2D eigenvalue weighted by Gasteiger charge is 2.36. The van der Waals surface area contributed by atoms with Crippen LogP contribution in [0.1, 0.15) is 31.9 Å². The smallest absolute Gasteiger partial charge is 0.192 e. The molecule has 0 spiro atoms. The molecule has 1 N–H and O–H groups in total. The zero-order valence-corrected chi connectivity index (χ0v) is 19.8. The Labute approximate surface area is 170 Å². The standard InChI is InChI=1S/C13H21BrOSi.C7H7BrO/c1-13(2,3)16(4,5)15-10-11-7-6-8-12(14)9-11;8-7-3-1-2-6(4-7)5-9/h6-9H,10H2,1-5H3;1-4,9H,5H2. The largest absolute Gasteiger partial charge is 0.413 e. The summed E-state index contributed by atoms with van der Waals surface area (Å²) in [5.74, 6) is 0. The lowest BCUT2D eigenvalue weighted by Crippen LogP contribution is -2.40. The third kappa shape index (κ3) is 8.18. The second-order valence-corrected chi connectivity index (χ2v) is 14.1. The third-order valence-corrected chi connectivity index (χ3v) is 9.83. The summed E-state index contributed by atoms with van der Waals surface area (Å²) in [5, 5.41) is 8.92. The lowest BCUT2D eigenvalue weighted by Gasteiger charge is -2.36. The van der Waals surface area contributed by atoms with Crippen LogP contribution in [0.3, 0.4) is 0 Å². The normalized spacial score (nSPS) is 11.7. The molecule has 0 aliphatic carbocycles. The van der Waals surface area contributed by atoms with E-state index in [4.69, 9.17) is 9.53 Å². The van der Waals surface area contributed by atoms with Crippen molar-refractivity contribution in [1.29, 1.82) is 0 Å². The number of benzene rings is 2. The summed E-state index contributed by atoms with van der Waals surface area (Å²) >= 11 is 6.77. The van der Waals surface area contributed by atoms with Crippen molar-refractivity contribution in [3.8, 4) is 0 Å². The molecule has 0 bridgehead atoms. The van der Waals surface area contributed by atoms with Crippen LogP contribution in [-0.4, -0.2) is 13.4 Å². The van der Waals surface area contributed by atoms with Gasteiger partial charge in [0.05, 0.1) is 13.2 Å². The predicted molar refractivity (Wildman–Crippen MR) is 116 cm³/mol. The molecule has 2 nitrogen and oxygen atoms in total. The van der Waals surface area contributed by atoms with E-state index in [0.717, 1.165) is 21.1 Å². The molecular formula is C20H28Br2O2Si. The molecule has 0 aliphatic rings. The second-order valence-electron chi connectivity index (χ2n) is 7.47. The predicted octanol–water partition coefficient (Wildman–Crippen LogP) is 6.91. The average molecular weight is 488 g/mol. The molecule has 0 fully saturated rings. The van der Waals surface area contributed by atoms with Gasteiger partial charge in [0.2, 0.25) is 0 Å². The van der Waals surface area contributed by atoms with Crippen molar-refractivity contribution in [2.45, 2.75) is 52.1 Å². The maximum atomic E-state index is 8.64. The van der Waals surface area contributed by atoms with Gasteiger partial charge in [-0.2, -0.15) is 0 Å². The van der Waals surface area contributed by atoms with Gasteiger partial charge in [0, 0.05) is 8.95 Å². The van der Waals surface area contributed by atoms with Crippen molar-refractivity contribution < 1.29 is 9.53 Å². The van der Waals surface area contributed by atoms with Crippen molar-refractivity contribution >= 4 is 40.2 Å². The van der Waals surface area contributed by atoms with Gasteiger partial charge >= 0.3 is 0 Å². The van der Waals surface area contributed by atoms with Crippen molar-refractivity contribution in [3.63, 3.8) is 0 Å². The molecule has 0 unspecified atom stereocenters. The van der Waals surface area contributed by atoms with E-state index in [1.54, 1.807) is 0 Å². The van der Waals surface area contributed by atoms with Crippen molar-refractivity contribution in [1.82, 2.24) is 0 Å². The Balaban J connectivity index is 0.000000293. The van der Waals surface area contributed by atoms with Crippen LogP contribution in [0.4, 0.5) is 0 Å². The van der Waals surface area contributed by atoms with Crippen molar-refractivity contribution in [3.05, 3.63) is 68.6 Å². The van der Waals surface area contributed by atoms with E-state index in [-0.39, 0.29) is 11.6 Å². The summed E-state index contributed by atoms with van der Waals surface area (Å²) in [6.45, 7) is 12.2. The topological polar surface area (TPSA) is 29.5 Å². The van der Waals surface area contributed by atoms with Gasteiger partial charge in [-0.05, 0) is 53.5 Å². The number of aliphatic hydroxyl groups is 1. The fourth-order valence-corrected chi connectivity index (χ4v) is 3.60. The fourth-order valence-electron chi connectivity index (χ4n) is 1.74. The lowest BCUT2D eigenvalue weighted by atomic mass is 10.2. The fraction of sp³-hybridized carbons (Fsp3) is 0.400. The number of halogens is 2. The summed E-state index contributed by atoms with van der Waals surface area (Å²) in [5.41, 5.74) is 2.17. The Morgan fingerprint density at radius 2 is 1.40 bits per heavy atom. The molecule has 0 atom stereocenters. The molecule has 0 heterocycles. The molecule has 2 aromatic carbocycles. The highest BCUT2D eigenvalue weighted by Crippen LogP contribution is 2.37. The molecule has 2 aromatic rings. The van der Waals surface area contributed by atoms with Gasteiger partial charge in [0.25, 0.3) is 0 Å². The first-order valence-electron chi connectivity index (χ1n) is 8.29. The van der Waals surface area contributed by atoms with Crippen LogP contribution in [0, 0.1) is 0 Å². The summed E-state index contributed by atoms with van der Waals surface area (Å²) in [4.78, 5) is 0. The van der Waals surface area contributed by atoms with Gasteiger partial charge in [-0.25, -0.2) is 0 Å². The Kier molecular flexibility index (Phi) is 9.05. The number of hydrogen-bond donors (Lipinski definition) is 1. The Morgan fingerprint density at radius 3 is 1.80 bits per heavy atom.